The highest BCUT2D eigenvalue weighted by molar-refractivity contribution is 7.12. The molecule has 0 fully saturated rings. The molecule has 108 valence electrons. The molecule has 0 spiro atoms. The number of nitrogens with zero attached hydrogens (tertiary/aromatic N) is 4. The largest absolute Gasteiger partial charge is 0.378 e. The van der Waals surface area contributed by atoms with E-state index in [0.29, 0.717) is 0 Å². The second kappa shape index (κ2) is 6.05. The second-order valence-corrected chi connectivity index (χ2v) is 6.03. The Balaban J connectivity index is 1.77. The predicted octanol–water partition coefficient (Wildman–Crippen LogP) is 3.46. The van der Waals surface area contributed by atoms with Crippen LogP contribution in [0.5, 0.6) is 0 Å². The molecule has 3 aromatic rings. The van der Waals surface area contributed by atoms with Crippen LogP contribution in [0.2, 0.25) is 0 Å². The van der Waals surface area contributed by atoms with E-state index in [9.17, 15) is 0 Å². The number of hydrogen-bond acceptors (Lipinski definition) is 5. The highest BCUT2D eigenvalue weighted by atomic mass is 32.1. The van der Waals surface area contributed by atoms with E-state index in [1.54, 1.807) is 11.0 Å². The number of aryl methyl sites for hydroxylation is 1. The Hall–Kier alpha value is -2.21. The average Bonchev–Trinajstić information content (AvgIpc) is 3.19. The third-order valence-electron chi connectivity index (χ3n) is 3.30. The molecule has 0 aliphatic heterocycles. The maximum atomic E-state index is 3.91. The molecular formula is C15H17N5S. The average molecular weight is 299 g/mol. The van der Waals surface area contributed by atoms with Crippen LogP contribution in [-0.2, 0) is 6.42 Å². The topological polar surface area (TPSA) is 55.6 Å². The van der Waals surface area contributed by atoms with Crippen molar-refractivity contribution in [2.75, 3.05) is 5.32 Å². The van der Waals surface area contributed by atoms with Gasteiger partial charge < -0.3 is 5.32 Å². The Kier molecular flexibility index (Phi) is 3.96. The fourth-order valence-corrected chi connectivity index (χ4v) is 3.11. The zero-order valence-electron chi connectivity index (χ0n) is 12.0. The van der Waals surface area contributed by atoms with Gasteiger partial charge in [-0.2, -0.15) is 0 Å². The monoisotopic (exact) mass is 299 g/mol. The number of nitrogens with one attached hydrogen (secondary N) is 1. The van der Waals surface area contributed by atoms with Crippen molar-refractivity contribution in [3.05, 3.63) is 52.5 Å². The Morgan fingerprint density at radius 3 is 2.90 bits per heavy atom. The van der Waals surface area contributed by atoms with Crippen LogP contribution in [0, 0.1) is 0 Å². The van der Waals surface area contributed by atoms with E-state index in [2.05, 4.69) is 52.9 Å². The lowest BCUT2D eigenvalue weighted by atomic mass is 10.2. The van der Waals surface area contributed by atoms with Gasteiger partial charge in [-0.15, -0.1) is 16.4 Å². The molecule has 0 amide bonds. The Morgan fingerprint density at radius 2 is 2.19 bits per heavy atom. The number of benzene rings is 1. The van der Waals surface area contributed by atoms with Gasteiger partial charge in [-0.1, -0.05) is 13.0 Å². The Labute approximate surface area is 127 Å². The summed E-state index contributed by atoms with van der Waals surface area (Å²) in [5, 5.41) is 14.8. The zero-order chi connectivity index (χ0) is 14.7. The summed E-state index contributed by atoms with van der Waals surface area (Å²) in [6, 6.07) is 12.8. The smallest absolute Gasteiger partial charge is 0.143 e. The number of rotatable bonds is 5. The fourth-order valence-electron chi connectivity index (χ4n) is 2.16. The van der Waals surface area contributed by atoms with Crippen molar-refractivity contribution in [2.45, 2.75) is 26.3 Å². The molecule has 2 heterocycles. The maximum absolute atomic E-state index is 3.91. The van der Waals surface area contributed by atoms with Crippen molar-refractivity contribution >= 4 is 17.0 Å². The molecule has 1 atom stereocenters. The quantitative estimate of drug-likeness (QED) is 0.784. The van der Waals surface area contributed by atoms with Gasteiger partial charge in [0.25, 0.3) is 0 Å². The summed E-state index contributed by atoms with van der Waals surface area (Å²) in [6.45, 7) is 4.36. The van der Waals surface area contributed by atoms with E-state index in [4.69, 9.17) is 0 Å². The number of anilines is 1. The normalized spacial score (nSPS) is 12.3. The van der Waals surface area contributed by atoms with E-state index in [0.717, 1.165) is 17.8 Å². The third kappa shape index (κ3) is 3.11. The lowest BCUT2D eigenvalue weighted by Gasteiger charge is -2.14. The highest BCUT2D eigenvalue weighted by Gasteiger charge is 2.09. The van der Waals surface area contributed by atoms with Crippen LogP contribution < -0.4 is 5.32 Å². The van der Waals surface area contributed by atoms with Crippen LogP contribution in [0.25, 0.3) is 5.69 Å². The second-order valence-electron chi connectivity index (χ2n) is 4.83. The lowest BCUT2D eigenvalue weighted by Crippen LogP contribution is -2.05. The van der Waals surface area contributed by atoms with Gasteiger partial charge in [0.1, 0.15) is 6.33 Å². The van der Waals surface area contributed by atoms with Gasteiger partial charge >= 0.3 is 0 Å². The molecule has 6 heteroatoms. The van der Waals surface area contributed by atoms with E-state index < -0.39 is 0 Å². The molecule has 1 aromatic carbocycles. The van der Waals surface area contributed by atoms with Crippen LogP contribution in [0.1, 0.15) is 29.6 Å². The first-order chi connectivity index (χ1) is 10.3. The minimum absolute atomic E-state index is 0.277. The minimum Gasteiger partial charge on any atom is -0.378 e. The number of hydrogen-bond donors (Lipinski definition) is 1. The summed E-state index contributed by atoms with van der Waals surface area (Å²) in [6.07, 6.45) is 2.68. The van der Waals surface area contributed by atoms with E-state index >= 15 is 0 Å². The first kappa shape index (κ1) is 13.8. The minimum atomic E-state index is 0.277. The molecule has 0 radical (unpaired) electrons. The Bertz CT molecular complexity index is 704. The van der Waals surface area contributed by atoms with Crippen molar-refractivity contribution in [3.63, 3.8) is 0 Å². The molecule has 0 aliphatic rings. The summed E-state index contributed by atoms with van der Waals surface area (Å²) in [5.41, 5.74) is 2.00. The van der Waals surface area contributed by atoms with Crippen LogP contribution in [0.15, 0.2) is 42.7 Å². The third-order valence-corrected chi connectivity index (χ3v) is 4.71. The van der Waals surface area contributed by atoms with Gasteiger partial charge in [0.2, 0.25) is 0 Å². The molecule has 5 nitrogen and oxygen atoms in total. The molecule has 1 N–H and O–H groups in total. The molecule has 0 saturated heterocycles. The van der Waals surface area contributed by atoms with Crippen LogP contribution in [-0.4, -0.2) is 20.2 Å². The van der Waals surface area contributed by atoms with Gasteiger partial charge in [0.05, 0.1) is 11.7 Å². The van der Waals surface area contributed by atoms with Crippen molar-refractivity contribution in [3.8, 4) is 5.69 Å². The van der Waals surface area contributed by atoms with Crippen molar-refractivity contribution < 1.29 is 0 Å². The molecule has 1 unspecified atom stereocenters. The van der Waals surface area contributed by atoms with Crippen molar-refractivity contribution in [1.29, 1.82) is 0 Å². The highest BCUT2D eigenvalue weighted by Crippen LogP contribution is 2.27. The van der Waals surface area contributed by atoms with Gasteiger partial charge in [-0.25, -0.2) is 4.68 Å². The summed E-state index contributed by atoms with van der Waals surface area (Å²) in [4.78, 5) is 2.76. The molecule has 3 rings (SSSR count). The molecule has 0 bridgehead atoms. The zero-order valence-corrected chi connectivity index (χ0v) is 12.8. The molecule has 2 aromatic heterocycles. The number of thiophene rings is 1. The summed E-state index contributed by atoms with van der Waals surface area (Å²) >= 11 is 1.86. The van der Waals surface area contributed by atoms with Gasteiger partial charge in [-0.05, 0) is 54.1 Å². The van der Waals surface area contributed by atoms with Gasteiger partial charge in [0, 0.05) is 15.4 Å². The van der Waals surface area contributed by atoms with E-state index in [1.165, 1.54) is 9.75 Å². The summed E-state index contributed by atoms with van der Waals surface area (Å²) < 4.78 is 1.65. The first-order valence-electron chi connectivity index (χ1n) is 6.95. The molecule has 0 saturated carbocycles. The number of tetrazole rings is 1. The molecular weight excluding hydrogens is 282 g/mol. The number of aromatic nitrogens is 4. The van der Waals surface area contributed by atoms with Crippen molar-refractivity contribution in [1.82, 2.24) is 20.2 Å². The van der Waals surface area contributed by atoms with E-state index in [1.807, 2.05) is 29.5 Å². The fraction of sp³-hybridized carbons (Fsp3) is 0.267. The summed E-state index contributed by atoms with van der Waals surface area (Å²) in [5.74, 6) is 0. The van der Waals surface area contributed by atoms with Crippen LogP contribution in [0.3, 0.4) is 0 Å². The van der Waals surface area contributed by atoms with E-state index in [-0.39, 0.29) is 6.04 Å². The predicted molar refractivity (Wildman–Crippen MR) is 84.9 cm³/mol. The lowest BCUT2D eigenvalue weighted by molar-refractivity contribution is 0.788. The van der Waals surface area contributed by atoms with Crippen LogP contribution in [0.4, 0.5) is 5.69 Å². The standard InChI is InChI=1S/C15H17N5S/c1-3-14-7-8-15(21-14)11(2)17-12-5-4-6-13(9-12)20-10-16-18-19-20/h4-11,17H,3H2,1-2H3. The van der Waals surface area contributed by atoms with Crippen molar-refractivity contribution in [2.24, 2.45) is 0 Å². The van der Waals surface area contributed by atoms with Gasteiger partial charge in [-0.3, -0.25) is 0 Å². The first-order valence-corrected chi connectivity index (χ1v) is 7.76. The molecule has 0 aliphatic carbocycles. The SMILES string of the molecule is CCc1ccc(C(C)Nc2cccc(-n3cnnn3)c2)s1. The van der Waals surface area contributed by atoms with Gasteiger partial charge in [0.15, 0.2) is 0 Å². The molecule has 21 heavy (non-hydrogen) atoms. The Morgan fingerprint density at radius 1 is 1.29 bits per heavy atom. The maximum Gasteiger partial charge on any atom is 0.143 e. The summed E-state index contributed by atoms with van der Waals surface area (Å²) in [7, 11) is 0. The van der Waals surface area contributed by atoms with Crippen LogP contribution >= 0.6 is 11.3 Å².